The summed E-state index contributed by atoms with van der Waals surface area (Å²) in [6, 6.07) is 8.07. The maximum atomic E-state index is 11.1. The third kappa shape index (κ3) is 4.65. The Morgan fingerprint density at radius 2 is 2.19 bits per heavy atom. The fourth-order valence-electron chi connectivity index (χ4n) is 3.53. The maximum Gasteiger partial charge on any atom is 0.228 e. The third-order valence-electron chi connectivity index (χ3n) is 4.95. The first-order valence-corrected chi connectivity index (χ1v) is 9.62. The lowest BCUT2D eigenvalue weighted by Gasteiger charge is -2.35. The molecule has 6 heteroatoms. The minimum Gasteiger partial charge on any atom is -0.441 e. The van der Waals surface area contributed by atoms with Gasteiger partial charge in [0.1, 0.15) is 5.76 Å². The standard InChI is InChI=1S/C20H26ClN3O2/c1-14-19(23-20(26-14)17-8-3-4-9-18(17)21)13-24-12-6-5-7-16(24)10-11-22-15(2)25/h3-4,8-9,16H,5-7,10-13H2,1-2H3,(H,22,25)/t16-/m1/s1. The number of hydrogen-bond acceptors (Lipinski definition) is 4. The number of oxazole rings is 1. The fourth-order valence-corrected chi connectivity index (χ4v) is 3.74. The predicted molar refractivity (Wildman–Crippen MR) is 103 cm³/mol. The number of nitrogens with zero attached hydrogens (tertiary/aromatic N) is 2. The van der Waals surface area contributed by atoms with Gasteiger partial charge in [0.15, 0.2) is 0 Å². The molecule has 1 aliphatic rings. The molecular weight excluding hydrogens is 350 g/mol. The molecule has 1 amide bonds. The van der Waals surface area contributed by atoms with Crippen LogP contribution in [0.5, 0.6) is 0 Å². The van der Waals surface area contributed by atoms with Crippen LogP contribution in [0.15, 0.2) is 28.7 Å². The molecule has 140 valence electrons. The molecule has 1 saturated heterocycles. The first-order chi connectivity index (χ1) is 12.5. The molecule has 1 aromatic carbocycles. The van der Waals surface area contributed by atoms with Gasteiger partial charge in [-0.2, -0.15) is 0 Å². The molecule has 1 N–H and O–H groups in total. The van der Waals surface area contributed by atoms with Crippen molar-refractivity contribution < 1.29 is 9.21 Å². The summed E-state index contributed by atoms with van der Waals surface area (Å²) in [6.07, 6.45) is 4.57. The van der Waals surface area contributed by atoms with E-state index >= 15 is 0 Å². The number of rotatable bonds is 6. The van der Waals surface area contributed by atoms with Crippen LogP contribution in [0, 0.1) is 6.92 Å². The summed E-state index contributed by atoms with van der Waals surface area (Å²) in [5, 5.41) is 3.55. The summed E-state index contributed by atoms with van der Waals surface area (Å²) in [6.45, 7) is 6.06. The van der Waals surface area contributed by atoms with Gasteiger partial charge in [0, 0.05) is 26.1 Å². The Kier molecular flexibility index (Phi) is 6.33. The third-order valence-corrected chi connectivity index (χ3v) is 5.28. The van der Waals surface area contributed by atoms with Crippen LogP contribution in [0.4, 0.5) is 0 Å². The van der Waals surface area contributed by atoms with Gasteiger partial charge in [-0.25, -0.2) is 4.98 Å². The molecule has 1 fully saturated rings. The summed E-state index contributed by atoms with van der Waals surface area (Å²) >= 11 is 6.27. The number of aryl methyl sites for hydroxylation is 1. The van der Waals surface area contributed by atoms with Crippen LogP contribution >= 0.6 is 11.6 Å². The lowest BCUT2D eigenvalue weighted by molar-refractivity contribution is -0.119. The Labute approximate surface area is 159 Å². The predicted octanol–water partition coefficient (Wildman–Crippen LogP) is 4.18. The van der Waals surface area contributed by atoms with Crippen LogP contribution in [-0.2, 0) is 11.3 Å². The molecular formula is C20H26ClN3O2. The van der Waals surface area contributed by atoms with Crippen LogP contribution in [0.1, 0.15) is 44.1 Å². The number of carbonyl (C=O) groups is 1. The first kappa shape index (κ1) is 18.9. The summed E-state index contributed by atoms with van der Waals surface area (Å²) in [5.41, 5.74) is 1.79. The highest BCUT2D eigenvalue weighted by Gasteiger charge is 2.24. The summed E-state index contributed by atoms with van der Waals surface area (Å²) in [7, 11) is 0. The lowest BCUT2D eigenvalue weighted by atomic mass is 9.99. The molecule has 0 saturated carbocycles. The van der Waals surface area contributed by atoms with Crippen molar-refractivity contribution in [3.8, 4) is 11.5 Å². The van der Waals surface area contributed by atoms with E-state index in [9.17, 15) is 4.79 Å². The van der Waals surface area contributed by atoms with E-state index < -0.39 is 0 Å². The molecule has 26 heavy (non-hydrogen) atoms. The molecule has 2 heterocycles. The fraction of sp³-hybridized carbons (Fsp3) is 0.500. The number of benzene rings is 1. The van der Waals surface area contributed by atoms with Gasteiger partial charge < -0.3 is 9.73 Å². The molecule has 0 spiro atoms. The molecule has 0 aliphatic carbocycles. The van der Waals surface area contributed by atoms with E-state index in [4.69, 9.17) is 21.0 Å². The van der Waals surface area contributed by atoms with Crippen molar-refractivity contribution in [3.05, 3.63) is 40.7 Å². The van der Waals surface area contributed by atoms with Gasteiger partial charge in [-0.15, -0.1) is 0 Å². The van der Waals surface area contributed by atoms with Crippen LogP contribution in [-0.4, -0.2) is 34.9 Å². The number of nitrogens with one attached hydrogen (secondary N) is 1. The van der Waals surface area contributed by atoms with Crippen molar-refractivity contribution in [1.29, 1.82) is 0 Å². The lowest BCUT2D eigenvalue weighted by Crippen LogP contribution is -2.41. The van der Waals surface area contributed by atoms with Gasteiger partial charge in [0.2, 0.25) is 11.8 Å². The van der Waals surface area contributed by atoms with Crippen LogP contribution in [0.25, 0.3) is 11.5 Å². The average molecular weight is 376 g/mol. The highest BCUT2D eigenvalue weighted by atomic mass is 35.5. The van der Waals surface area contributed by atoms with E-state index in [1.165, 1.54) is 12.8 Å². The summed E-state index contributed by atoms with van der Waals surface area (Å²) in [5.74, 6) is 1.45. The molecule has 0 unspecified atom stereocenters. The largest absolute Gasteiger partial charge is 0.441 e. The number of amides is 1. The van der Waals surface area contributed by atoms with E-state index in [0.717, 1.165) is 49.5 Å². The van der Waals surface area contributed by atoms with Crippen molar-refractivity contribution in [1.82, 2.24) is 15.2 Å². The molecule has 0 radical (unpaired) electrons. The SMILES string of the molecule is CC(=O)NCC[C@H]1CCCCN1Cc1nc(-c2ccccc2Cl)oc1C. The normalized spacial score (nSPS) is 18.0. The maximum absolute atomic E-state index is 11.1. The zero-order valence-electron chi connectivity index (χ0n) is 15.4. The van der Waals surface area contributed by atoms with Crippen molar-refractivity contribution in [2.75, 3.05) is 13.1 Å². The minimum atomic E-state index is 0.0316. The van der Waals surface area contributed by atoms with E-state index in [-0.39, 0.29) is 5.91 Å². The number of halogens is 1. The zero-order valence-corrected chi connectivity index (χ0v) is 16.2. The molecule has 1 aromatic heterocycles. The van der Waals surface area contributed by atoms with Gasteiger partial charge in [0.05, 0.1) is 16.3 Å². The van der Waals surface area contributed by atoms with Crippen molar-refractivity contribution in [2.24, 2.45) is 0 Å². The first-order valence-electron chi connectivity index (χ1n) is 9.24. The summed E-state index contributed by atoms with van der Waals surface area (Å²) in [4.78, 5) is 18.3. The van der Waals surface area contributed by atoms with Gasteiger partial charge in [-0.05, 0) is 44.9 Å². The molecule has 1 atom stereocenters. The second-order valence-corrected chi connectivity index (χ2v) is 7.30. The van der Waals surface area contributed by atoms with E-state index in [1.807, 2.05) is 31.2 Å². The Morgan fingerprint density at radius 1 is 1.38 bits per heavy atom. The molecule has 1 aliphatic heterocycles. The van der Waals surface area contributed by atoms with Crippen LogP contribution < -0.4 is 5.32 Å². The average Bonchev–Trinajstić information content (AvgIpc) is 2.97. The number of hydrogen-bond donors (Lipinski definition) is 1. The highest BCUT2D eigenvalue weighted by molar-refractivity contribution is 6.33. The van der Waals surface area contributed by atoms with Gasteiger partial charge in [-0.3, -0.25) is 9.69 Å². The molecule has 3 rings (SSSR count). The van der Waals surface area contributed by atoms with Gasteiger partial charge in [-0.1, -0.05) is 30.2 Å². The molecule has 2 aromatic rings. The zero-order chi connectivity index (χ0) is 18.5. The Hall–Kier alpha value is -1.85. The van der Waals surface area contributed by atoms with Crippen molar-refractivity contribution in [2.45, 2.75) is 52.1 Å². The molecule has 5 nitrogen and oxygen atoms in total. The Morgan fingerprint density at radius 3 is 2.96 bits per heavy atom. The van der Waals surface area contributed by atoms with E-state index in [1.54, 1.807) is 6.92 Å². The number of piperidine rings is 1. The highest BCUT2D eigenvalue weighted by Crippen LogP contribution is 2.30. The molecule has 0 bridgehead atoms. The van der Waals surface area contributed by atoms with E-state index in [0.29, 0.717) is 17.0 Å². The topological polar surface area (TPSA) is 58.4 Å². The van der Waals surface area contributed by atoms with Gasteiger partial charge in [0.25, 0.3) is 0 Å². The minimum absolute atomic E-state index is 0.0316. The van der Waals surface area contributed by atoms with Crippen molar-refractivity contribution >= 4 is 17.5 Å². The van der Waals surface area contributed by atoms with Crippen LogP contribution in [0.3, 0.4) is 0 Å². The number of carbonyl (C=O) groups excluding carboxylic acids is 1. The number of likely N-dealkylation sites (tertiary alicyclic amines) is 1. The van der Waals surface area contributed by atoms with Gasteiger partial charge >= 0.3 is 0 Å². The van der Waals surface area contributed by atoms with Crippen LogP contribution in [0.2, 0.25) is 5.02 Å². The quantitative estimate of drug-likeness (QED) is 0.822. The monoisotopic (exact) mass is 375 g/mol. The Balaban J connectivity index is 1.70. The van der Waals surface area contributed by atoms with E-state index in [2.05, 4.69) is 10.2 Å². The van der Waals surface area contributed by atoms with Crippen molar-refractivity contribution in [3.63, 3.8) is 0 Å². The summed E-state index contributed by atoms with van der Waals surface area (Å²) < 4.78 is 5.89. The second-order valence-electron chi connectivity index (χ2n) is 6.89. The number of aromatic nitrogens is 1. The Bertz CT molecular complexity index is 759. The second kappa shape index (κ2) is 8.69. The smallest absolute Gasteiger partial charge is 0.228 e.